The van der Waals surface area contributed by atoms with E-state index >= 15 is 0 Å². The molecular formula is C22H28FN7O2. The van der Waals surface area contributed by atoms with Crippen LogP contribution in [-0.2, 0) is 0 Å². The minimum absolute atomic E-state index is 0.0106. The number of carbonyl (C=O) groups is 2. The largest absolute Gasteiger partial charge is 0.364 e. The molecule has 2 heterocycles. The highest BCUT2D eigenvalue weighted by molar-refractivity contribution is 5.97. The highest BCUT2D eigenvalue weighted by Crippen LogP contribution is 2.26. The summed E-state index contributed by atoms with van der Waals surface area (Å²) < 4.78 is 14.6. The summed E-state index contributed by atoms with van der Waals surface area (Å²) in [6, 6.07) is 4.10. The van der Waals surface area contributed by atoms with E-state index in [9.17, 15) is 14.0 Å². The monoisotopic (exact) mass is 441 g/mol. The lowest BCUT2D eigenvalue weighted by Gasteiger charge is -2.29. The Morgan fingerprint density at radius 1 is 1.12 bits per heavy atom. The van der Waals surface area contributed by atoms with Gasteiger partial charge in [-0.25, -0.2) is 14.4 Å². The summed E-state index contributed by atoms with van der Waals surface area (Å²) in [5, 5.41) is 6.06. The molecule has 10 heteroatoms. The third kappa shape index (κ3) is 4.80. The first-order valence-electron chi connectivity index (χ1n) is 11.0. The maximum absolute atomic E-state index is 14.6. The minimum atomic E-state index is -0.800. The number of amides is 2. The standard InChI is InChI=1S/C22H28FN7O2/c23-14-8-7-13(22(32)30-9-3-4-10-30)11-17(14)28-21-19(20(25)31)26-12-18(29-21)27-16-6-2-1-5-15(16)24/h7-8,11-12,15-16H,1-6,9-10,24H2,(H2,25,31)(H2,27,28,29). The van der Waals surface area contributed by atoms with Gasteiger partial charge in [0.05, 0.1) is 11.9 Å². The van der Waals surface area contributed by atoms with Crippen molar-refractivity contribution in [2.45, 2.75) is 50.6 Å². The van der Waals surface area contributed by atoms with Gasteiger partial charge in [0, 0.05) is 30.7 Å². The zero-order valence-electron chi connectivity index (χ0n) is 17.8. The summed E-state index contributed by atoms with van der Waals surface area (Å²) >= 11 is 0. The van der Waals surface area contributed by atoms with Crippen molar-refractivity contribution < 1.29 is 14.0 Å². The van der Waals surface area contributed by atoms with Gasteiger partial charge in [0.2, 0.25) is 0 Å². The molecule has 2 atom stereocenters. The molecule has 2 fully saturated rings. The van der Waals surface area contributed by atoms with Crippen molar-refractivity contribution in [2.24, 2.45) is 11.5 Å². The highest BCUT2D eigenvalue weighted by Gasteiger charge is 2.24. The average molecular weight is 442 g/mol. The number of anilines is 3. The number of nitrogens with zero attached hydrogens (tertiary/aromatic N) is 3. The molecule has 1 aromatic heterocycles. The van der Waals surface area contributed by atoms with E-state index in [1.165, 1.54) is 24.4 Å². The van der Waals surface area contributed by atoms with Crippen molar-refractivity contribution in [3.63, 3.8) is 0 Å². The zero-order chi connectivity index (χ0) is 22.7. The highest BCUT2D eigenvalue weighted by atomic mass is 19.1. The Bertz CT molecular complexity index is 1010. The molecule has 2 unspecified atom stereocenters. The lowest BCUT2D eigenvalue weighted by Crippen LogP contribution is -2.42. The lowest BCUT2D eigenvalue weighted by molar-refractivity contribution is 0.0792. The van der Waals surface area contributed by atoms with Gasteiger partial charge in [-0.05, 0) is 43.9 Å². The molecule has 0 bridgehead atoms. The topological polar surface area (TPSA) is 139 Å². The quantitative estimate of drug-likeness (QED) is 0.540. The molecule has 170 valence electrons. The van der Waals surface area contributed by atoms with Gasteiger partial charge in [-0.15, -0.1) is 0 Å². The van der Waals surface area contributed by atoms with Crippen molar-refractivity contribution in [3.8, 4) is 0 Å². The van der Waals surface area contributed by atoms with Crippen LogP contribution in [0.2, 0.25) is 0 Å². The SMILES string of the molecule is NC(=O)c1ncc(NC2CCCCC2N)nc1Nc1cc(C(=O)N2CCCC2)ccc1F. The van der Waals surface area contributed by atoms with Crippen LogP contribution < -0.4 is 22.1 Å². The molecule has 0 spiro atoms. The van der Waals surface area contributed by atoms with E-state index in [2.05, 4.69) is 20.6 Å². The number of primary amides is 1. The van der Waals surface area contributed by atoms with Gasteiger partial charge in [0.1, 0.15) is 11.6 Å². The first kappa shape index (κ1) is 21.9. The molecule has 1 saturated carbocycles. The van der Waals surface area contributed by atoms with E-state index in [1.807, 2.05) is 0 Å². The van der Waals surface area contributed by atoms with E-state index in [4.69, 9.17) is 11.5 Å². The van der Waals surface area contributed by atoms with E-state index in [0.29, 0.717) is 24.5 Å². The minimum Gasteiger partial charge on any atom is -0.364 e. The Morgan fingerprint density at radius 3 is 2.59 bits per heavy atom. The Balaban J connectivity index is 1.60. The van der Waals surface area contributed by atoms with E-state index in [0.717, 1.165) is 38.5 Å². The molecule has 0 radical (unpaired) electrons. The second-order valence-electron chi connectivity index (χ2n) is 8.33. The van der Waals surface area contributed by atoms with Crippen LogP contribution in [0.1, 0.15) is 59.4 Å². The second kappa shape index (κ2) is 9.47. The lowest BCUT2D eigenvalue weighted by atomic mass is 9.91. The third-order valence-electron chi connectivity index (χ3n) is 6.02. The fourth-order valence-corrected chi connectivity index (χ4v) is 4.24. The van der Waals surface area contributed by atoms with Crippen LogP contribution in [0.4, 0.5) is 21.7 Å². The van der Waals surface area contributed by atoms with Crippen molar-refractivity contribution in [3.05, 3.63) is 41.5 Å². The van der Waals surface area contributed by atoms with Gasteiger partial charge in [0.15, 0.2) is 11.5 Å². The maximum Gasteiger partial charge on any atom is 0.271 e. The fourth-order valence-electron chi connectivity index (χ4n) is 4.24. The molecule has 1 saturated heterocycles. The van der Waals surface area contributed by atoms with Crippen LogP contribution in [0.25, 0.3) is 0 Å². The Kier molecular flexibility index (Phi) is 6.50. The van der Waals surface area contributed by atoms with Gasteiger partial charge in [-0.1, -0.05) is 12.8 Å². The number of halogens is 1. The molecular weight excluding hydrogens is 413 g/mol. The number of hydrogen-bond acceptors (Lipinski definition) is 7. The predicted molar refractivity (Wildman–Crippen MR) is 119 cm³/mol. The average Bonchev–Trinajstić information content (AvgIpc) is 3.31. The second-order valence-corrected chi connectivity index (χ2v) is 8.33. The number of rotatable bonds is 6. The fraction of sp³-hybridized carbons (Fsp3) is 0.455. The summed E-state index contributed by atoms with van der Waals surface area (Å²) in [5.74, 6) is -1.13. The molecule has 2 aliphatic rings. The number of nitrogens with two attached hydrogens (primary N) is 2. The van der Waals surface area contributed by atoms with Gasteiger partial charge in [0.25, 0.3) is 11.8 Å². The first-order chi connectivity index (χ1) is 15.4. The molecule has 2 aromatic rings. The first-order valence-corrected chi connectivity index (χ1v) is 11.0. The van der Waals surface area contributed by atoms with Crippen LogP contribution >= 0.6 is 0 Å². The molecule has 32 heavy (non-hydrogen) atoms. The molecule has 2 amide bonds. The molecule has 4 rings (SSSR count). The van der Waals surface area contributed by atoms with Gasteiger partial charge >= 0.3 is 0 Å². The summed E-state index contributed by atoms with van der Waals surface area (Å²) in [5.41, 5.74) is 11.9. The van der Waals surface area contributed by atoms with Crippen molar-refractivity contribution in [1.82, 2.24) is 14.9 Å². The summed E-state index contributed by atoms with van der Waals surface area (Å²) in [6.07, 6.45) is 7.30. The number of nitrogens with one attached hydrogen (secondary N) is 2. The van der Waals surface area contributed by atoms with Crippen LogP contribution in [0, 0.1) is 5.82 Å². The summed E-state index contributed by atoms with van der Waals surface area (Å²) in [4.78, 5) is 34.8. The molecule has 6 N–H and O–H groups in total. The van der Waals surface area contributed by atoms with E-state index in [-0.39, 0.29) is 35.2 Å². The molecule has 1 aliphatic carbocycles. The number of aromatic nitrogens is 2. The van der Waals surface area contributed by atoms with Crippen molar-refractivity contribution in [2.75, 3.05) is 23.7 Å². The number of benzene rings is 1. The van der Waals surface area contributed by atoms with Crippen LogP contribution in [0.5, 0.6) is 0 Å². The van der Waals surface area contributed by atoms with Gasteiger partial charge < -0.3 is 27.0 Å². The van der Waals surface area contributed by atoms with E-state index in [1.54, 1.807) is 4.90 Å². The number of carbonyl (C=O) groups excluding carboxylic acids is 2. The molecule has 9 nitrogen and oxygen atoms in total. The number of likely N-dealkylation sites (tertiary alicyclic amines) is 1. The molecule has 1 aromatic carbocycles. The van der Waals surface area contributed by atoms with Gasteiger partial charge in [-0.3, -0.25) is 9.59 Å². The summed E-state index contributed by atoms with van der Waals surface area (Å²) in [6.45, 7) is 1.38. The van der Waals surface area contributed by atoms with Crippen LogP contribution in [-0.4, -0.2) is 51.9 Å². The zero-order valence-corrected chi connectivity index (χ0v) is 17.8. The predicted octanol–water partition coefficient (Wildman–Crippen LogP) is 2.38. The number of hydrogen-bond donors (Lipinski definition) is 4. The summed E-state index contributed by atoms with van der Waals surface area (Å²) in [7, 11) is 0. The molecule has 1 aliphatic heterocycles. The van der Waals surface area contributed by atoms with Crippen molar-refractivity contribution >= 4 is 29.1 Å². The Labute approximate surface area is 185 Å². The van der Waals surface area contributed by atoms with Gasteiger partial charge in [-0.2, -0.15) is 0 Å². The third-order valence-corrected chi connectivity index (χ3v) is 6.02. The Hall–Kier alpha value is -3.27. The van der Waals surface area contributed by atoms with Crippen LogP contribution in [0.15, 0.2) is 24.4 Å². The van der Waals surface area contributed by atoms with E-state index < -0.39 is 11.7 Å². The van der Waals surface area contributed by atoms with Crippen LogP contribution in [0.3, 0.4) is 0 Å². The Morgan fingerprint density at radius 2 is 1.88 bits per heavy atom. The smallest absolute Gasteiger partial charge is 0.271 e. The maximum atomic E-state index is 14.6. The normalized spacial score (nSPS) is 20.8. The van der Waals surface area contributed by atoms with Crippen molar-refractivity contribution in [1.29, 1.82) is 0 Å².